The van der Waals surface area contributed by atoms with Crippen molar-refractivity contribution in [1.82, 2.24) is 9.29 Å². The maximum absolute atomic E-state index is 13.0. The van der Waals surface area contributed by atoms with Crippen LogP contribution in [0.15, 0.2) is 59.6 Å². The molecule has 0 bridgehead atoms. The summed E-state index contributed by atoms with van der Waals surface area (Å²) in [5.74, 6) is -0.376. The number of hydrogen-bond donors (Lipinski definition) is 1. The first kappa shape index (κ1) is 20.5. The Morgan fingerprint density at radius 2 is 1.79 bits per heavy atom. The molecule has 0 atom stereocenters. The first-order valence-corrected chi connectivity index (χ1v) is 9.62. The predicted octanol–water partition coefficient (Wildman–Crippen LogP) is 3.89. The highest BCUT2D eigenvalue weighted by Crippen LogP contribution is 2.33. The lowest BCUT2D eigenvalue weighted by Crippen LogP contribution is -2.39. The van der Waals surface area contributed by atoms with Gasteiger partial charge in [-0.15, -0.1) is 25.6 Å². The van der Waals surface area contributed by atoms with Crippen LogP contribution in [0.25, 0.3) is 10.9 Å². The molecule has 0 radical (unpaired) electrons. The standard InChI is InChI=1S/C18H15F3N2O3S.ClH/c19-18(20,21)26-16-3-1-2-4-17(16)27(24,25)23-8-7-13-9-12(5-6-15(13)23)14-10-22-11-14;/h1-9,14,22H,10-11H2;1H. The van der Waals surface area contributed by atoms with Crippen molar-refractivity contribution in [3.8, 4) is 5.75 Å². The summed E-state index contributed by atoms with van der Waals surface area (Å²) in [4.78, 5) is -0.549. The fourth-order valence-electron chi connectivity index (χ4n) is 3.10. The van der Waals surface area contributed by atoms with Crippen LogP contribution >= 0.6 is 12.4 Å². The van der Waals surface area contributed by atoms with Crippen molar-refractivity contribution in [1.29, 1.82) is 0 Å². The Hall–Kier alpha value is -2.23. The first-order chi connectivity index (χ1) is 12.8. The highest BCUT2D eigenvalue weighted by atomic mass is 35.5. The van der Waals surface area contributed by atoms with E-state index < -0.39 is 27.0 Å². The van der Waals surface area contributed by atoms with Crippen LogP contribution in [0, 0.1) is 0 Å². The number of para-hydroxylation sites is 1. The van der Waals surface area contributed by atoms with Crippen molar-refractivity contribution in [2.75, 3.05) is 13.1 Å². The molecule has 0 aliphatic carbocycles. The van der Waals surface area contributed by atoms with E-state index in [9.17, 15) is 21.6 Å². The number of fused-ring (bicyclic) bond motifs is 1. The number of aromatic nitrogens is 1. The van der Waals surface area contributed by atoms with Crippen LogP contribution < -0.4 is 10.1 Å². The van der Waals surface area contributed by atoms with E-state index >= 15 is 0 Å². The largest absolute Gasteiger partial charge is 0.573 e. The third-order valence-corrected chi connectivity index (χ3v) is 6.27. The Morgan fingerprint density at radius 3 is 2.43 bits per heavy atom. The molecular weight excluding hydrogens is 417 g/mol. The Bertz CT molecular complexity index is 1110. The van der Waals surface area contributed by atoms with E-state index in [1.165, 1.54) is 18.3 Å². The molecule has 5 nitrogen and oxygen atoms in total. The van der Waals surface area contributed by atoms with Crippen LogP contribution in [0.4, 0.5) is 13.2 Å². The Labute approximate surface area is 165 Å². The van der Waals surface area contributed by atoms with Crippen LogP contribution in [0.5, 0.6) is 5.75 Å². The van der Waals surface area contributed by atoms with Crippen molar-refractivity contribution in [3.63, 3.8) is 0 Å². The second-order valence-electron chi connectivity index (χ2n) is 6.28. The number of halogens is 4. The van der Waals surface area contributed by atoms with Gasteiger partial charge in [-0.2, -0.15) is 0 Å². The van der Waals surface area contributed by atoms with E-state index in [0.29, 0.717) is 16.8 Å². The molecule has 1 aliphatic heterocycles. The number of rotatable bonds is 4. The van der Waals surface area contributed by atoms with Gasteiger partial charge in [-0.25, -0.2) is 12.4 Å². The van der Waals surface area contributed by atoms with E-state index in [1.54, 1.807) is 12.1 Å². The second kappa shape index (κ2) is 7.31. The molecule has 3 aromatic rings. The van der Waals surface area contributed by atoms with Crippen LogP contribution in [0.3, 0.4) is 0 Å². The maximum Gasteiger partial charge on any atom is 0.573 e. The van der Waals surface area contributed by atoms with Gasteiger partial charge in [-0.1, -0.05) is 18.2 Å². The molecule has 1 N–H and O–H groups in total. The zero-order valence-corrected chi connectivity index (χ0v) is 15.9. The number of nitrogens with one attached hydrogen (secondary N) is 1. The molecule has 1 fully saturated rings. The smallest absolute Gasteiger partial charge is 0.404 e. The zero-order valence-electron chi connectivity index (χ0n) is 14.3. The van der Waals surface area contributed by atoms with Crippen molar-refractivity contribution < 1.29 is 26.3 Å². The molecule has 1 aromatic heterocycles. The van der Waals surface area contributed by atoms with Gasteiger partial charge >= 0.3 is 6.36 Å². The van der Waals surface area contributed by atoms with E-state index in [1.807, 2.05) is 12.1 Å². The third-order valence-electron chi connectivity index (χ3n) is 4.54. The molecule has 0 spiro atoms. The SMILES string of the molecule is Cl.O=S(=O)(c1ccccc1OC(F)(F)F)n1ccc2cc(C3CNC3)ccc21. The third kappa shape index (κ3) is 3.69. The van der Waals surface area contributed by atoms with Gasteiger partial charge in [0.2, 0.25) is 0 Å². The van der Waals surface area contributed by atoms with Gasteiger partial charge in [-0.05, 0) is 35.9 Å². The van der Waals surface area contributed by atoms with Gasteiger partial charge in [0.1, 0.15) is 10.6 Å². The first-order valence-electron chi connectivity index (χ1n) is 8.18. The van der Waals surface area contributed by atoms with Gasteiger partial charge < -0.3 is 10.1 Å². The molecule has 10 heteroatoms. The zero-order chi connectivity index (χ0) is 19.2. The summed E-state index contributed by atoms with van der Waals surface area (Å²) in [6.07, 6.45) is -3.65. The summed E-state index contributed by atoms with van der Waals surface area (Å²) in [5.41, 5.74) is 1.49. The van der Waals surface area contributed by atoms with Crippen LogP contribution in [0.2, 0.25) is 0 Å². The van der Waals surface area contributed by atoms with E-state index in [-0.39, 0.29) is 12.4 Å². The summed E-state index contributed by atoms with van der Waals surface area (Å²) in [6.45, 7) is 1.74. The lowest BCUT2D eigenvalue weighted by atomic mass is 9.93. The minimum Gasteiger partial charge on any atom is -0.404 e. The number of alkyl halides is 3. The summed E-state index contributed by atoms with van der Waals surface area (Å²) >= 11 is 0. The Kier molecular flexibility index (Phi) is 5.35. The van der Waals surface area contributed by atoms with Gasteiger partial charge in [0.25, 0.3) is 10.0 Å². The monoisotopic (exact) mass is 432 g/mol. The van der Waals surface area contributed by atoms with Crippen LogP contribution in [0.1, 0.15) is 11.5 Å². The molecule has 0 unspecified atom stereocenters. The summed E-state index contributed by atoms with van der Waals surface area (Å²) in [5, 5.41) is 3.88. The molecule has 1 saturated heterocycles. The molecule has 28 heavy (non-hydrogen) atoms. The van der Waals surface area contributed by atoms with Gasteiger partial charge in [-0.3, -0.25) is 0 Å². The van der Waals surface area contributed by atoms with Crippen LogP contribution in [-0.2, 0) is 10.0 Å². The van der Waals surface area contributed by atoms with Crippen LogP contribution in [-0.4, -0.2) is 31.8 Å². The van der Waals surface area contributed by atoms with Gasteiger partial charge in [0.05, 0.1) is 5.52 Å². The number of nitrogens with zero attached hydrogens (tertiary/aromatic N) is 1. The highest BCUT2D eigenvalue weighted by molar-refractivity contribution is 7.90. The fraction of sp³-hybridized carbons (Fsp3) is 0.222. The van der Waals surface area contributed by atoms with Crippen molar-refractivity contribution >= 4 is 33.3 Å². The van der Waals surface area contributed by atoms with Gasteiger partial charge in [0, 0.05) is 30.6 Å². The second-order valence-corrected chi connectivity index (χ2v) is 8.07. The predicted molar refractivity (Wildman–Crippen MR) is 101 cm³/mol. The number of benzene rings is 2. The molecule has 150 valence electrons. The Balaban J connectivity index is 0.00000225. The molecular formula is C18H16ClF3N2O3S. The molecule has 4 rings (SSSR count). The normalized spacial score (nSPS) is 15.1. The molecule has 2 heterocycles. The average Bonchev–Trinajstić information content (AvgIpc) is 2.96. The lowest BCUT2D eigenvalue weighted by molar-refractivity contribution is -0.275. The quantitative estimate of drug-likeness (QED) is 0.679. The topological polar surface area (TPSA) is 60.3 Å². The molecule has 0 saturated carbocycles. The average molecular weight is 433 g/mol. The number of ether oxygens (including phenoxy) is 1. The van der Waals surface area contributed by atoms with E-state index in [2.05, 4.69) is 10.1 Å². The minimum atomic E-state index is -4.99. The van der Waals surface area contributed by atoms with Crippen molar-refractivity contribution in [2.24, 2.45) is 0 Å². The number of hydrogen-bond acceptors (Lipinski definition) is 4. The summed E-state index contributed by atoms with van der Waals surface area (Å²) in [6, 6.07) is 11.8. The Morgan fingerprint density at radius 1 is 1.07 bits per heavy atom. The molecule has 0 amide bonds. The molecule has 2 aromatic carbocycles. The van der Waals surface area contributed by atoms with Gasteiger partial charge in [0.15, 0.2) is 0 Å². The van der Waals surface area contributed by atoms with Crippen molar-refractivity contribution in [2.45, 2.75) is 17.2 Å². The maximum atomic E-state index is 13.0. The minimum absolute atomic E-state index is 0. The summed E-state index contributed by atoms with van der Waals surface area (Å²) in [7, 11) is -4.27. The highest BCUT2D eigenvalue weighted by Gasteiger charge is 2.34. The van der Waals surface area contributed by atoms with E-state index in [4.69, 9.17) is 0 Å². The summed E-state index contributed by atoms with van der Waals surface area (Å²) < 4.78 is 68.8. The molecule has 1 aliphatic rings. The van der Waals surface area contributed by atoms with E-state index in [0.717, 1.165) is 34.8 Å². The fourth-order valence-corrected chi connectivity index (χ4v) is 4.57. The van der Waals surface area contributed by atoms with Crippen molar-refractivity contribution in [3.05, 3.63) is 60.3 Å². The lowest BCUT2D eigenvalue weighted by Gasteiger charge is -2.27.